The molecule has 3 aromatic rings. The van der Waals surface area contributed by atoms with E-state index < -0.39 is 0 Å². The van der Waals surface area contributed by atoms with Crippen molar-refractivity contribution in [1.82, 2.24) is 0 Å². The Morgan fingerprint density at radius 1 is 0.586 bits per heavy atom. The normalized spacial score (nSPS) is 11.1. The fourth-order valence-corrected chi connectivity index (χ4v) is 3.93. The number of methoxy groups -OCH3 is 3. The smallest absolute Gasteiger partial charge is 0.118 e. The summed E-state index contributed by atoms with van der Waals surface area (Å²) in [4.78, 5) is 0. The van der Waals surface area contributed by atoms with Gasteiger partial charge in [-0.05, 0) is 59.5 Å². The molecule has 0 aliphatic heterocycles. The predicted octanol–water partition coefficient (Wildman–Crippen LogP) is 5.41. The van der Waals surface area contributed by atoms with Crippen LogP contribution in [0.15, 0.2) is 72.8 Å². The van der Waals surface area contributed by atoms with Gasteiger partial charge in [0, 0.05) is 5.41 Å². The molecule has 0 aliphatic carbocycles. The SMILES string of the molecule is [B]CCCC(c1ccc(OC)cc1)(c1ccc(OC)cc1)c1ccc(OC)cc1. The zero-order valence-electron chi connectivity index (χ0n) is 17.4. The molecule has 0 atom stereocenters. The van der Waals surface area contributed by atoms with E-state index in [4.69, 9.17) is 22.1 Å². The van der Waals surface area contributed by atoms with E-state index in [1.807, 2.05) is 36.4 Å². The molecule has 0 aromatic heterocycles. The molecule has 0 aliphatic rings. The molecule has 0 unspecified atom stereocenters. The topological polar surface area (TPSA) is 27.7 Å². The minimum absolute atomic E-state index is 0.343. The first-order chi connectivity index (χ1) is 14.2. The number of rotatable bonds is 9. The van der Waals surface area contributed by atoms with Crippen LogP contribution in [0.2, 0.25) is 6.32 Å². The maximum absolute atomic E-state index is 5.95. The van der Waals surface area contributed by atoms with Crippen LogP contribution < -0.4 is 14.2 Å². The van der Waals surface area contributed by atoms with Crippen LogP contribution in [0, 0.1) is 0 Å². The van der Waals surface area contributed by atoms with Gasteiger partial charge in [0.15, 0.2) is 0 Å². The Morgan fingerprint density at radius 3 is 1.14 bits per heavy atom. The number of hydrogen-bond donors (Lipinski definition) is 0. The first-order valence-corrected chi connectivity index (χ1v) is 9.81. The molecule has 0 saturated heterocycles. The number of benzene rings is 3. The van der Waals surface area contributed by atoms with Crippen LogP contribution in [0.1, 0.15) is 29.5 Å². The third kappa shape index (κ3) is 4.27. The van der Waals surface area contributed by atoms with Gasteiger partial charge >= 0.3 is 0 Å². The van der Waals surface area contributed by atoms with E-state index in [1.54, 1.807) is 21.3 Å². The highest BCUT2D eigenvalue weighted by atomic mass is 16.5. The van der Waals surface area contributed by atoms with Crippen molar-refractivity contribution in [3.05, 3.63) is 89.5 Å². The number of hydrogen-bond acceptors (Lipinski definition) is 3. The third-order valence-electron chi connectivity index (χ3n) is 5.50. The van der Waals surface area contributed by atoms with Crippen molar-refractivity contribution < 1.29 is 14.2 Å². The van der Waals surface area contributed by atoms with E-state index in [0.29, 0.717) is 6.32 Å². The molecule has 4 heteroatoms. The lowest BCUT2D eigenvalue weighted by Crippen LogP contribution is -2.29. The van der Waals surface area contributed by atoms with Gasteiger partial charge in [-0.25, -0.2) is 0 Å². The summed E-state index contributed by atoms with van der Waals surface area (Å²) in [6.45, 7) is 0. The second kappa shape index (κ2) is 9.55. The van der Waals surface area contributed by atoms with Gasteiger partial charge in [-0.1, -0.05) is 49.1 Å². The first-order valence-electron chi connectivity index (χ1n) is 9.81. The molecule has 0 fully saturated rings. The lowest BCUT2D eigenvalue weighted by atomic mass is 9.66. The molecular formula is C25H27BO3. The minimum atomic E-state index is -0.343. The molecule has 0 spiro atoms. The minimum Gasteiger partial charge on any atom is -0.497 e. The molecule has 2 radical (unpaired) electrons. The highest BCUT2D eigenvalue weighted by Gasteiger charge is 2.35. The van der Waals surface area contributed by atoms with E-state index in [-0.39, 0.29) is 5.41 Å². The van der Waals surface area contributed by atoms with Crippen molar-refractivity contribution >= 4 is 7.85 Å². The maximum Gasteiger partial charge on any atom is 0.118 e. The average Bonchev–Trinajstić information content (AvgIpc) is 2.80. The van der Waals surface area contributed by atoms with Crippen molar-refractivity contribution in [2.24, 2.45) is 0 Å². The fraction of sp³-hybridized carbons (Fsp3) is 0.280. The van der Waals surface area contributed by atoms with E-state index >= 15 is 0 Å². The van der Waals surface area contributed by atoms with Crippen LogP contribution in [-0.2, 0) is 5.41 Å². The van der Waals surface area contributed by atoms with E-state index in [1.165, 1.54) is 16.7 Å². The summed E-state index contributed by atoms with van der Waals surface area (Å²) in [5, 5.41) is 0. The zero-order chi connectivity index (χ0) is 20.7. The van der Waals surface area contributed by atoms with E-state index in [9.17, 15) is 0 Å². The predicted molar refractivity (Wildman–Crippen MR) is 119 cm³/mol. The second-order valence-electron chi connectivity index (χ2n) is 6.98. The van der Waals surface area contributed by atoms with Gasteiger partial charge in [-0.3, -0.25) is 0 Å². The molecule has 0 bridgehead atoms. The summed E-state index contributed by atoms with van der Waals surface area (Å²) in [6, 6.07) is 24.9. The first kappa shape index (κ1) is 20.8. The molecule has 3 rings (SSSR count). The molecule has 0 N–H and O–H groups in total. The highest BCUT2D eigenvalue weighted by Crippen LogP contribution is 2.44. The second-order valence-corrected chi connectivity index (χ2v) is 6.98. The quantitative estimate of drug-likeness (QED) is 0.363. The van der Waals surface area contributed by atoms with Crippen LogP contribution in [0.25, 0.3) is 0 Å². The Balaban J connectivity index is 2.23. The van der Waals surface area contributed by atoms with Gasteiger partial charge in [-0.15, -0.1) is 0 Å². The van der Waals surface area contributed by atoms with Crippen LogP contribution in [-0.4, -0.2) is 29.2 Å². The Labute approximate surface area is 175 Å². The van der Waals surface area contributed by atoms with Crippen molar-refractivity contribution in [2.45, 2.75) is 24.6 Å². The lowest BCUT2D eigenvalue weighted by molar-refractivity contribution is 0.413. The molecule has 148 valence electrons. The molecule has 29 heavy (non-hydrogen) atoms. The lowest BCUT2D eigenvalue weighted by Gasteiger charge is -2.36. The summed E-state index contributed by atoms with van der Waals surface area (Å²) in [7, 11) is 11.0. The number of ether oxygens (including phenoxy) is 3. The largest absolute Gasteiger partial charge is 0.497 e. The van der Waals surface area contributed by atoms with Gasteiger partial charge in [0.1, 0.15) is 17.2 Å². The van der Waals surface area contributed by atoms with Crippen molar-refractivity contribution in [1.29, 1.82) is 0 Å². The van der Waals surface area contributed by atoms with Crippen molar-refractivity contribution in [3.8, 4) is 17.2 Å². The molecule has 0 heterocycles. The average molecular weight is 386 g/mol. The summed E-state index contributed by atoms with van der Waals surface area (Å²) >= 11 is 0. The van der Waals surface area contributed by atoms with Gasteiger partial charge in [0.2, 0.25) is 0 Å². The van der Waals surface area contributed by atoms with Gasteiger partial charge < -0.3 is 14.2 Å². The Kier molecular flexibility index (Phi) is 6.87. The van der Waals surface area contributed by atoms with Crippen molar-refractivity contribution in [3.63, 3.8) is 0 Å². The van der Waals surface area contributed by atoms with Gasteiger partial charge in [0.05, 0.1) is 29.2 Å². The molecule has 3 nitrogen and oxygen atoms in total. The van der Waals surface area contributed by atoms with E-state index in [2.05, 4.69) is 36.4 Å². The molecule has 0 saturated carbocycles. The molecule has 0 amide bonds. The summed E-state index contributed by atoms with van der Waals surface area (Å²) < 4.78 is 16.1. The van der Waals surface area contributed by atoms with Crippen LogP contribution >= 0.6 is 0 Å². The monoisotopic (exact) mass is 386 g/mol. The van der Waals surface area contributed by atoms with Crippen molar-refractivity contribution in [2.75, 3.05) is 21.3 Å². The summed E-state index contributed by atoms with van der Waals surface area (Å²) in [5.41, 5.74) is 3.25. The molecule has 3 aromatic carbocycles. The molecular weight excluding hydrogens is 359 g/mol. The van der Waals surface area contributed by atoms with Gasteiger partial charge in [-0.2, -0.15) is 0 Å². The standard InChI is InChI=1S/C25H27BO3/c1-27-22-11-5-19(6-12-22)25(17-4-18-26,20-7-13-23(28-2)14-8-20)21-9-15-24(29-3)16-10-21/h5-16H,4,17-18H2,1-3H3. The Morgan fingerprint density at radius 2 is 0.897 bits per heavy atom. The fourth-order valence-electron chi connectivity index (χ4n) is 3.93. The van der Waals surface area contributed by atoms with Crippen LogP contribution in [0.3, 0.4) is 0 Å². The Hall–Kier alpha value is -2.88. The van der Waals surface area contributed by atoms with Gasteiger partial charge in [0.25, 0.3) is 0 Å². The van der Waals surface area contributed by atoms with Crippen LogP contribution in [0.4, 0.5) is 0 Å². The third-order valence-corrected chi connectivity index (χ3v) is 5.50. The Bertz CT molecular complexity index is 771. The van der Waals surface area contributed by atoms with Crippen LogP contribution in [0.5, 0.6) is 17.2 Å². The summed E-state index contributed by atoms with van der Waals surface area (Å²) in [6.07, 6.45) is 2.41. The zero-order valence-corrected chi connectivity index (χ0v) is 17.4. The highest BCUT2D eigenvalue weighted by molar-refractivity contribution is 6.08. The summed E-state index contributed by atoms with van der Waals surface area (Å²) in [5.74, 6) is 2.52. The maximum atomic E-state index is 5.95. The van der Waals surface area contributed by atoms with E-state index in [0.717, 1.165) is 30.1 Å².